The van der Waals surface area contributed by atoms with Gasteiger partial charge in [0.15, 0.2) is 5.75 Å². The Kier molecular flexibility index (Phi) is 1.68. The Morgan fingerprint density at radius 2 is 2.00 bits per heavy atom. The van der Waals surface area contributed by atoms with E-state index in [1.807, 2.05) is 0 Å². The zero-order valence-electron chi connectivity index (χ0n) is 5.44. The van der Waals surface area contributed by atoms with Crippen LogP contribution in [0.5, 0.6) is 11.5 Å². The standard InChI is InChI=1S/C7H5O4/c8-4-2-1-3-5(9)6(4)7(10)11/h1-3,8H,(H,10,11). The van der Waals surface area contributed by atoms with Crippen LogP contribution in [-0.2, 0) is 5.11 Å². The lowest BCUT2D eigenvalue weighted by atomic mass is 10.2. The normalized spacial score (nSPS) is 9.45. The average molecular weight is 153 g/mol. The van der Waals surface area contributed by atoms with E-state index in [1.54, 1.807) is 0 Å². The lowest BCUT2D eigenvalue weighted by molar-refractivity contribution is 0.0688. The highest BCUT2D eigenvalue weighted by atomic mass is 16.4. The third kappa shape index (κ3) is 1.24. The molecule has 0 unspecified atom stereocenters. The SMILES string of the molecule is [O]c1cccc(O)c1C(=O)O. The molecule has 0 aliphatic carbocycles. The van der Waals surface area contributed by atoms with Crippen LogP contribution in [0.15, 0.2) is 18.2 Å². The highest BCUT2D eigenvalue weighted by Gasteiger charge is 2.15. The monoisotopic (exact) mass is 153 g/mol. The Morgan fingerprint density at radius 3 is 2.36 bits per heavy atom. The number of carboxylic acid groups (broad SMARTS) is 1. The van der Waals surface area contributed by atoms with Crippen LogP contribution in [-0.4, -0.2) is 16.2 Å². The molecule has 0 heterocycles. The molecule has 1 aromatic rings. The zero-order valence-corrected chi connectivity index (χ0v) is 5.44. The summed E-state index contributed by atoms with van der Waals surface area (Å²) >= 11 is 0. The Morgan fingerprint density at radius 1 is 1.36 bits per heavy atom. The quantitative estimate of drug-likeness (QED) is 0.636. The molecule has 1 aromatic carbocycles. The summed E-state index contributed by atoms with van der Waals surface area (Å²) in [7, 11) is 0. The third-order valence-electron chi connectivity index (χ3n) is 1.22. The van der Waals surface area contributed by atoms with Crippen molar-refractivity contribution in [2.24, 2.45) is 0 Å². The van der Waals surface area contributed by atoms with Crippen molar-refractivity contribution in [2.75, 3.05) is 0 Å². The van der Waals surface area contributed by atoms with Crippen molar-refractivity contribution in [3.63, 3.8) is 0 Å². The number of hydrogen-bond acceptors (Lipinski definition) is 2. The van der Waals surface area contributed by atoms with Gasteiger partial charge in [0.25, 0.3) is 0 Å². The summed E-state index contributed by atoms with van der Waals surface area (Å²) in [4.78, 5) is 10.3. The van der Waals surface area contributed by atoms with Crippen LogP contribution >= 0.6 is 0 Å². The highest BCUT2D eigenvalue weighted by Crippen LogP contribution is 2.26. The van der Waals surface area contributed by atoms with Crippen LogP contribution in [0.4, 0.5) is 0 Å². The van der Waals surface area contributed by atoms with Gasteiger partial charge in [-0.15, -0.1) is 0 Å². The molecule has 0 amide bonds. The Bertz CT molecular complexity index is 272. The topological polar surface area (TPSA) is 77.4 Å². The van der Waals surface area contributed by atoms with Gasteiger partial charge >= 0.3 is 5.97 Å². The molecule has 0 aliphatic heterocycles. The molecular formula is C7H5O4. The van der Waals surface area contributed by atoms with Crippen molar-refractivity contribution in [3.8, 4) is 11.5 Å². The van der Waals surface area contributed by atoms with Gasteiger partial charge in [0.1, 0.15) is 11.3 Å². The first-order valence-corrected chi connectivity index (χ1v) is 2.85. The number of phenols is 1. The van der Waals surface area contributed by atoms with E-state index in [4.69, 9.17) is 10.2 Å². The zero-order chi connectivity index (χ0) is 8.43. The third-order valence-corrected chi connectivity index (χ3v) is 1.22. The molecule has 0 bridgehead atoms. The van der Waals surface area contributed by atoms with Gasteiger partial charge in [0, 0.05) is 0 Å². The molecule has 0 saturated heterocycles. The van der Waals surface area contributed by atoms with Crippen molar-refractivity contribution in [3.05, 3.63) is 23.8 Å². The number of aromatic hydroxyl groups is 1. The molecular weight excluding hydrogens is 148 g/mol. The van der Waals surface area contributed by atoms with Crippen molar-refractivity contribution >= 4 is 5.97 Å². The lowest BCUT2D eigenvalue weighted by Gasteiger charge is -1.97. The minimum absolute atomic E-state index is 0.495. The van der Waals surface area contributed by atoms with Crippen LogP contribution < -0.4 is 0 Å². The van der Waals surface area contributed by atoms with E-state index >= 15 is 0 Å². The maximum Gasteiger partial charge on any atom is 0.343 e. The van der Waals surface area contributed by atoms with E-state index in [2.05, 4.69) is 0 Å². The number of hydrogen-bond donors (Lipinski definition) is 2. The van der Waals surface area contributed by atoms with E-state index in [0.717, 1.165) is 12.1 Å². The summed E-state index contributed by atoms with van der Waals surface area (Å²) in [6, 6.07) is 3.54. The van der Waals surface area contributed by atoms with Gasteiger partial charge in [-0.1, -0.05) is 6.07 Å². The fourth-order valence-corrected chi connectivity index (χ4v) is 0.734. The molecule has 2 N–H and O–H groups in total. The first kappa shape index (κ1) is 7.40. The molecule has 1 rings (SSSR count). The minimum atomic E-state index is -1.41. The molecule has 0 atom stereocenters. The molecule has 4 heteroatoms. The summed E-state index contributed by atoms with van der Waals surface area (Å²) < 4.78 is 0. The fraction of sp³-hybridized carbons (Fsp3) is 0. The van der Waals surface area contributed by atoms with Gasteiger partial charge in [-0.2, -0.15) is 0 Å². The van der Waals surface area contributed by atoms with Gasteiger partial charge in [-0.25, -0.2) is 4.79 Å². The van der Waals surface area contributed by atoms with E-state index in [0.29, 0.717) is 0 Å². The molecule has 4 nitrogen and oxygen atoms in total. The fourth-order valence-electron chi connectivity index (χ4n) is 0.734. The largest absolute Gasteiger partial charge is 0.507 e. The molecule has 0 aliphatic rings. The maximum absolute atomic E-state index is 10.7. The maximum atomic E-state index is 10.7. The molecule has 0 aromatic heterocycles. The van der Waals surface area contributed by atoms with Gasteiger partial charge < -0.3 is 10.2 Å². The number of rotatable bonds is 1. The van der Waals surface area contributed by atoms with Gasteiger partial charge in [-0.3, -0.25) is 5.11 Å². The van der Waals surface area contributed by atoms with Crippen LogP contribution in [0.25, 0.3) is 0 Å². The summed E-state index contributed by atoms with van der Waals surface area (Å²) in [6.45, 7) is 0. The van der Waals surface area contributed by atoms with Crippen molar-refractivity contribution in [1.29, 1.82) is 0 Å². The first-order chi connectivity index (χ1) is 5.13. The second-order valence-electron chi connectivity index (χ2n) is 1.96. The summed E-state index contributed by atoms with van der Waals surface area (Å²) in [6.07, 6.45) is 0. The molecule has 57 valence electrons. The molecule has 0 spiro atoms. The number of carbonyl (C=O) groups is 1. The van der Waals surface area contributed by atoms with Crippen LogP contribution in [0.1, 0.15) is 10.4 Å². The summed E-state index contributed by atoms with van der Waals surface area (Å²) in [5.74, 6) is -2.59. The number of aromatic carboxylic acids is 1. The number of carboxylic acids is 1. The van der Waals surface area contributed by atoms with Gasteiger partial charge in [0.05, 0.1) is 0 Å². The second-order valence-corrected chi connectivity index (χ2v) is 1.96. The predicted octanol–water partition coefficient (Wildman–Crippen LogP) is 1.23. The molecule has 1 radical (unpaired) electrons. The van der Waals surface area contributed by atoms with Crippen LogP contribution in [0.2, 0.25) is 0 Å². The van der Waals surface area contributed by atoms with E-state index in [-0.39, 0.29) is 0 Å². The minimum Gasteiger partial charge on any atom is -0.507 e. The summed E-state index contributed by atoms with van der Waals surface area (Å²) in [5.41, 5.74) is -0.576. The highest BCUT2D eigenvalue weighted by molar-refractivity contribution is 5.93. The number of benzene rings is 1. The molecule has 0 saturated carbocycles. The summed E-state index contributed by atoms with van der Waals surface area (Å²) in [5, 5.41) is 28.0. The van der Waals surface area contributed by atoms with E-state index in [1.165, 1.54) is 6.07 Å². The van der Waals surface area contributed by atoms with Crippen molar-refractivity contribution < 1.29 is 20.1 Å². The first-order valence-electron chi connectivity index (χ1n) is 2.85. The molecule has 0 fully saturated rings. The second kappa shape index (κ2) is 2.49. The van der Waals surface area contributed by atoms with Crippen LogP contribution in [0, 0.1) is 0 Å². The van der Waals surface area contributed by atoms with Crippen LogP contribution in [0.3, 0.4) is 0 Å². The average Bonchev–Trinajstić information content (AvgIpc) is 1.85. The Labute approximate surface area is 62.3 Å². The van der Waals surface area contributed by atoms with Gasteiger partial charge in [0.2, 0.25) is 0 Å². The Balaban J connectivity index is 3.32. The van der Waals surface area contributed by atoms with E-state index < -0.39 is 23.0 Å². The molecule has 11 heavy (non-hydrogen) atoms. The predicted molar refractivity (Wildman–Crippen MR) is 35.2 cm³/mol. The van der Waals surface area contributed by atoms with Gasteiger partial charge in [-0.05, 0) is 12.1 Å². The smallest absolute Gasteiger partial charge is 0.343 e. The van der Waals surface area contributed by atoms with Crippen molar-refractivity contribution in [1.82, 2.24) is 0 Å². The lowest BCUT2D eigenvalue weighted by Crippen LogP contribution is -1.96. The Hall–Kier alpha value is -1.71. The van der Waals surface area contributed by atoms with Crippen molar-refractivity contribution in [2.45, 2.75) is 0 Å². The van der Waals surface area contributed by atoms with E-state index in [9.17, 15) is 9.90 Å².